The smallest absolute Gasteiger partial charge is 0.157 e. The van der Waals surface area contributed by atoms with Crippen molar-refractivity contribution in [3.63, 3.8) is 0 Å². The third-order valence-corrected chi connectivity index (χ3v) is 6.09. The molecular weight excluding hydrogens is 312 g/mol. The Balaban J connectivity index is 1.79. The molecular formula is C16H24N4O2S. The highest BCUT2D eigenvalue weighted by Crippen LogP contribution is 2.19. The number of hydrogen-bond acceptors (Lipinski definition) is 5. The Labute approximate surface area is 137 Å². The molecule has 1 saturated heterocycles. The van der Waals surface area contributed by atoms with Crippen LogP contribution in [-0.4, -0.2) is 52.7 Å². The van der Waals surface area contributed by atoms with E-state index in [4.69, 9.17) is 0 Å². The third kappa shape index (κ3) is 3.72. The lowest BCUT2D eigenvalue weighted by Crippen LogP contribution is -2.28. The molecule has 0 aromatic carbocycles. The average molecular weight is 336 g/mol. The van der Waals surface area contributed by atoms with Gasteiger partial charge in [0.2, 0.25) is 0 Å². The van der Waals surface area contributed by atoms with Gasteiger partial charge in [0.05, 0.1) is 17.7 Å². The predicted molar refractivity (Wildman–Crippen MR) is 91.0 cm³/mol. The Morgan fingerprint density at radius 3 is 2.87 bits per heavy atom. The SMILES string of the molecule is CC1CN(Cc2cnc3c(cnn3C(C)C)c2)CCS(=O)(=O)C1. The van der Waals surface area contributed by atoms with Crippen LogP contribution in [0.4, 0.5) is 0 Å². The number of sulfone groups is 1. The maximum atomic E-state index is 11.9. The second-order valence-electron chi connectivity index (χ2n) is 6.89. The fraction of sp³-hybridized carbons (Fsp3) is 0.625. The van der Waals surface area contributed by atoms with E-state index >= 15 is 0 Å². The lowest BCUT2D eigenvalue weighted by Gasteiger charge is -2.21. The largest absolute Gasteiger partial charge is 0.298 e. The van der Waals surface area contributed by atoms with E-state index in [9.17, 15) is 8.42 Å². The lowest BCUT2D eigenvalue weighted by molar-refractivity contribution is 0.257. The minimum atomic E-state index is -2.91. The number of hydrogen-bond donors (Lipinski definition) is 0. The molecule has 1 aliphatic heterocycles. The van der Waals surface area contributed by atoms with E-state index in [1.165, 1.54) is 0 Å². The van der Waals surface area contributed by atoms with Crippen molar-refractivity contribution >= 4 is 20.9 Å². The molecule has 23 heavy (non-hydrogen) atoms. The van der Waals surface area contributed by atoms with E-state index in [-0.39, 0.29) is 17.7 Å². The zero-order valence-electron chi connectivity index (χ0n) is 13.9. The molecule has 1 aliphatic rings. The summed E-state index contributed by atoms with van der Waals surface area (Å²) in [6.07, 6.45) is 3.73. The van der Waals surface area contributed by atoms with Crippen LogP contribution in [0.1, 0.15) is 32.4 Å². The average Bonchev–Trinajstić information content (AvgIpc) is 2.81. The van der Waals surface area contributed by atoms with Crippen molar-refractivity contribution in [1.29, 1.82) is 0 Å². The molecule has 3 rings (SSSR count). The molecule has 0 bridgehead atoms. The van der Waals surface area contributed by atoms with Crippen LogP contribution >= 0.6 is 0 Å². The molecule has 0 radical (unpaired) electrons. The summed E-state index contributed by atoms with van der Waals surface area (Å²) in [5.74, 6) is 0.711. The van der Waals surface area contributed by atoms with Crippen molar-refractivity contribution in [2.24, 2.45) is 5.92 Å². The monoisotopic (exact) mass is 336 g/mol. The van der Waals surface area contributed by atoms with E-state index in [2.05, 4.69) is 34.9 Å². The van der Waals surface area contributed by atoms with Crippen molar-refractivity contribution in [3.05, 3.63) is 24.0 Å². The normalized spacial score (nSPS) is 22.5. The van der Waals surface area contributed by atoms with Crippen molar-refractivity contribution < 1.29 is 8.42 Å². The van der Waals surface area contributed by atoms with Gasteiger partial charge in [0.1, 0.15) is 0 Å². The van der Waals surface area contributed by atoms with Crippen molar-refractivity contribution in [2.75, 3.05) is 24.6 Å². The van der Waals surface area contributed by atoms with Gasteiger partial charge >= 0.3 is 0 Å². The van der Waals surface area contributed by atoms with Crippen LogP contribution in [0.3, 0.4) is 0 Å². The van der Waals surface area contributed by atoms with Gasteiger partial charge in [-0.1, -0.05) is 6.92 Å². The van der Waals surface area contributed by atoms with Crippen LogP contribution in [0.5, 0.6) is 0 Å². The highest BCUT2D eigenvalue weighted by molar-refractivity contribution is 7.91. The van der Waals surface area contributed by atoms with Gasteiger partial charge < -0.3 is 0 Å². The first-order chi connectivity index (χ1) is 10.8. The summed E-state index contributed by atoms with van der Waals surface area (Å²) in [5.41, 5.74) is 2.00. The van der Waals surface area contributed by atoms with Crippen molar-refractivity contribution in [1.82, 2.24) is 19.7 Å². The third-order valence-electron chi connectivity index (χ3n) is 4.21. The summed E-state index contributed by atoms with van der Waals surface area (Å²) in [5, 5.41) is 5.42. The van der Waals surface area contributed by atoms with Gasteiger partial charge in [-0.05, 0) is 31.4 Å². The van der Waals surface area contributed by atoms with Gasteiger partial charge in [-0.25, -0.2) is 18.1 Å². The first-order valence-electron chi connectivity index (χ1n) is 8.09. The second-order valence-corrected chi connectivity index (χ2v) is 9.12. The number of fused-ring (bicyclic) bond motifs is 1. The first kappa shape index (κ1) is 16.4. The van der Waals surface area contributed by atoms with E-state index in [0.717, 1.165) is 29.7 Å². The van der Waals surface area contributed by atoms with E-state index in [0.29, 0.717) is 12.3 Å². The fourth-order valence-corrected chi connectivity index (χ4v) is 4.90. The molecule has 1 unspecified atom stereocenters. The molecule has 0 amide bonds. The molecule has 2 aromatic heterocycles. The molecule has 2 aromatic rings. The molecule has 0 saturated carbocycles. The standard InChI is InChI=1S/C16H24N4O2S/c1-12(2)20-16-15(8-18-20)6-14(7-17-16)10-19-4-5-23(21,22)11-13(3)9-19/h6-8,12-13H,4-5,9-11H2,1-3H3. The first-order valence-corrected chi connectivity index (χ1v) is 9.91. The summed E-state index contributed by atoms with van der Waals surface area (Å²) in [7, 11) is -2.91. The Bertz CT molecular complexity index is 798. The Morgan fingerprint density at radius 2 is 2.13 bits per heavy atom. The zero-order chi connectivity index (χ0) is 16.6. The quantitative estimate of drug-likeness (QED) is 0.856. The molecule has 126 valence electrons. The highest BCUT2D eigenvalue weighted by atomic mass is 32.2. The summed E-state index contributed by atoms with van der Waals surface area (Å²) < 4.78 is 25.7. The molecule has 1 atom stereocenters. The Morgan fingerprint density at radius 1 is 1.35 bits per heavy atom. The van der Waals surface area contributed by atoms with Gasteiger partial charge in [0.25, 0.3) is 0 Å². The van der Waals surface area contributed by atoms with Gasteiger partial charge in [0, 0.05) is 37.3 Å². The number of pyridine rings is 1. The van der Waals surface area contributed by atoms with E-state index < -0.39 is 9.84 Å². The second kappa shape index (κ2) is 6.20. The van der Waals surface area contributed by atoms with Crippen molar-refractivity contribution in [3.8, 4) is 0 Å². The molecule has 0 N–H and O–H groups in total. The van der Waals surface area contributed by atoms with Crippen LogP contribution in [0, 0.1) is 5.92 Å². The molecule has 0 spiro atoms. The van der Waals surface area contributed by atoms with Gasteiger partial charge in [-0.2, -0.15) is 5.10 Å². The summed E-state index contributed by atoms with van der Waals surface area (Å²) >= 11 is 0. The summed E-state index contributed by atoms with van der Waals surface area (Å²) in [4.78, 5) is 6.77. The topological polar surface area (TPSA) is 68.1 Å². The van der Waals surface area contributed by atoms with Crippen LogP contribution in [0.2, 0.25) is 0 Å². The van der Waals surface area contributed by atoms with Gasteiger partial charge in [0.15, 0.2) is 15.5 Å². The highest BCUT2D eigenvalue weighted by Gasteiger charge is 2.24. The van der Waals surface area contributed by atoms with E-state index in [1.54, 1.807) is 0 Å². The van der Waals surface area contributed by atoms with Crippen LogP contribution in [0.25, 0.3) is 11.0 Å². The molecule has 0 aliphatic carbocycles. The van der Waals surface area contributed by atoms with Crippen LogP contribution < -0.4 is 0 Å². The molecule has 6 nitrogen and oxygen atoms in total. The number of aromatic nitrogens is 3. The maximum Gasteiger partial charge on any atom is 0.157 e. The molecule has 1 fully saturated rings. The molecule has 7 heteroatoms. The zero-order valence-corrected chi connectivity index (χ0v) is 14.8. The molecule has 3 heterocycles. The fourth-order valence-electron chi connectivity index (χ4n) is 3.22. The summed E-state index contributed by atoms with van der Waals surface area (Å²) in [6, 6.07) is 2.39. The Hall–Kier alpha value is -1.47. The summed E-state index contributed by atoms with van der Waals surface area (Å²) in [6.45, 7) is 8.31. The van der Waals surface area contributed by atoms with Gasteiger partial charge in [-0.3, -0.25) is 4.90 Å². The van der Waals surface area contributed by atoms with E-state index in [1.807, 2.05) is 24.0 Å². The van der Waals surface area contributed by atoms with Gasteiger partial charge in [-0.15, -0.1) is 0 Å². The number of nitrogens with zero attached hydrogens (tertiary/aromatic N) is 4. The minimum absolute atomic E-state index is 0.169. The minimum Gasteiger partial charge on any atom is -0.298 e. The van der Waals surface area contributed by atoms with Crippen LogP contribution in [0.15, 0.2) is 18.5 Å². The maximum absolute atomic E-state index is 11.9. The predicted octanol–water partition coefficient (Wildman–Crippen LogP) is 1.88. The van der Waals surface area contributed by atoms with Crippen molar-refractivity contribution in [2.45, 2.75) is 33.4 Å². The lowest BCUT2D eigenvalue weighted by atomic mass is 10.1. The number of rotatable bonds is 3. The Kier molecular flexibility index (Phi) is 4.42. The van der Waals surface area contributed by atoms with Crippen LogP contribution in [-0.2, 0) is 16.4 Å².